The number of piperidine rings is 2. The molecule has 4 heterocycles. The molecule has 146 valence electrons. The Kier molecular flexibility index (Phi) is 5.77. The van der Waals surface area contributed by atoms with Gasteiger partial charge < -0.3 is 9.64 Å². The van der Waals surface area contributed by atoms with Crippen molar-refractivity contribution < 1.29 is 13.2 Å². The molecule has 0 N–H and O–H groups in total. The minimum Gasteiger partial charge on any atom is -0.490 e. The fourth-order valence-electron chi connectivity index (χ4n) is 3.95. The monoisotopic (exact) mass is 407 g/mol. The van der Waals surface area contributed by atoms with Gasteiger partial charge in [-0.3, -0.25) is 4.98 Å². The van der Waals surface area contributed by atoms with Crippen molar-refractivity contribution in [2.24, 2.45) is 0 Å². The average Bonchev–Trinajstić information content (AvgIpc) is 3.25. The van der Waals surface area contributed by atoms with Gasteiger partial charge in [0.1, 0.15) is 16.1 Å². The topological polar surface area (TPSA) is 62.7 Å². The molecule has 2 aliphatic rings. The number of pyridine rings is 1. The van der Waals surface area contributed by atoms with Gasteiger partial charge in [-0.05, 0) is 49.3 Å². The molecule has 8 heteroatoms. The number of hydrogen-bond donors (Lipinski definition) is 0. The van der Waals surface area contributed by atoms with E-state index in [0.29, 0.717) is 23.3 Å². The zero-order valence-corrected chi connectivity index (χ0v) is 16.9. The highest BCUT2D eigenvalue weighted by Crippen LogP contribution is 2.27. The number of ether oxygens (including phenoxy) is 1. The third kappa shape index (κ3) is 4.34. The first kappa shape index (κ1) is 18.9. The summed E-state index contributed by atoms with van der Waals surface area (Å²) in [5, 5.41) is 1.82. The van der Waals surface area contributed by atoms with Crippen molar-refractivity contribution in [3.8, 4) is 5.75 Å². The van der Waals surface area contributed by atoms with Crippen molar-refractivity contribution in [3.63, 3.8) is 0 Å². The summed E-state index contributed by atoms with van der Waals surface area (Å²) in [4.78, 5) is 6.53. The van der Waals surface area contributed by atoms with Crippen LogP contribution in [-0.4, -0.2) is 60.9 Å². The predicted octanol–water partition coefficient (Wildman–Crippen LogP) is 2.84. The fourth-order valence-corrected chi connectivity index (χ4v) is 6.57. The van der Waals surface area contributed by atoms with Crippen LogP contribution in [-0.2, 0) is 10.0 Å². The molecular formula is C19H25N3O3S2. The second-order valence-corrected chi connectivity index (χ2v) is 10.2. The van der Waals surface area contributed by atoms with Gasteiger partial charge in [0.15, 0.2) is 0 Å². The summed E-state index contributed by atoms with van der Waals surface area (Å²) in [5.74, 6) is 0.885. The third-order valence-corrected chi connectivity index (χ3v) is 8.73. The molecule has 0 aromatic carbocycles. The molecule has 0 spiro atoms. The molecule has 0 amide bonds. The number of nitrogens with zero attached hydrogens (tertiary/aromatic N) is 3. The van der Waals surface area contributed by atoms with Gasteiger partial charge >= 0.3 is 0 Å². The van der Waals surface area contributed by atoms with E-state index in [4.69, 9.17) is 4.74 Å². The Labute approximate surface area is 164 Å². The lowest BCUT2D eigenvalue weighted by atomic mass is 10.00. The largest absolute Gasteiger partial charge is 0.490 e. The first-order valence-electron chi connectivity index (χ1n) is 9.47. The number of thiophene rings is 1. The maximum absolute atomic E-state index is 12.6. The Balaban J connectivity index is 1.26. The first-order chi connectivity index (χ1) is 13.1. The summed E-state index contributed by atoms with van der Waals surface area (Å²) in [5.41, 5.74) is 0. The highest BCUT2D eigenvalue weighted by Gasteiger charge is 2.33. The molecule has 27 heavy (non-hydrogen) atoms. The standard InChI is InChI=1S/C19H25N3O3S2/c23-27(24,19-2-1-15-26-19)22-13-5-16(6-14-22)21-11-7-18(8-12-21)25-17-3-9-20-10-4-17/h1-4,9-10,15-16,18H,5-8,11-14H2. The van der Waals surface area contributed by atoms with Crippen LogP contribution in [0, 0.1) is 0 Å². The van der Waals surface area contributed by atoms with Crippen molar-refractivity contribution >= 4 is 21.4 Å². The van der Waals surface area contributed by atoms with E-state index < -0.39 is 10.0 Å². The Morgan fingerprint density at radius 3 is 2.33 bits per heavy atom. The molecule has 2 fully saturated rings. The minimum atomic E-state index is -3.31. The van der Waals surface area contributed by atoms with Crippen LogP contribution in [0.1, 0.15) is 25.7 Å². The van der Waals surface area contributed by atoms with Gasteiger partial charge in [-0.25, -0.2) is 8.42 Å². The number of rotatable bonds is 5. The van der Waals surface area contributed by atoms with E-state index in [1.165, 1.54) is 11.3 Å². The van der Waals surface area contributed by atoms with Crippen LogP contribution in [0.3, 0.4) is 0 Å². The molecule has 0 atom stereocenters. The lowest BCUT2D eigenvalue weighted by Gasteiger charge is -2.41. The summed E-state index contributed by atoms with van der Waals surface area (Å²) in [6.45, 7) is 3.24. The van der Waals surface area contributed by atoms with E-state index in [1.807, 2.05) is 17.5 Å². The SMILES string of the molecule is O=S(=O)(c1cccs1)N1CCC(N2CCC(Oc3ccncc3)CC2)CC1. The van der Waals surface area contributed by atoms with Crippen molar-refractivity contribution in [3.05, 3.63) is 42.0 Å². The molecule has 0 saturated carbocycles. The maximum Gasteiger partial charge on any atom is 0.252 e. The Hall–Kier alpha value is -1.48. The Bertz CT molecular complexity index is 811. The summed E-state index contributed by atoms with van der Waals surface area (Å²) in [6, 6.07) is 7.76. The molecule has 0 bridgehead atoms. The first-order valence-corrected chi connectivity index (χ1v) is 11.8. The molecule has 2 aromatic rings. The van der Waals surface area contributed by atoms with Gasteiger partial charge in [0.2, 0.25) is 0 Å². The molecule has 2 aromatic heterocycles. The molecule has 2 aliphatic heterocycles. The highest BCUT2D eigenvalue weighted by molar-refractivity contribution is 7.91. The van der Waals surface area contributed by atoms with Gasteiger partial charge in [-0.15, -0.1) is 11.3 Å². The second-order valence-electron chi connectivity index (χ2n) is 7.10. The number of aromatic nitrogens is 1. The maximum atomic E-state index is 12.6. The van der Waals surface area contributed by atoms with E-state index in [2.05, 4.69) is 9.88 Å². The van der Waals surface area contributed by atoms with Gasteiger partial charge in [0, 0.05) is 44.6 Å². The number of likely N-dealkylation sites (tertiary alicyclic amines) is 1. The van der Waals surface area contributed by atoms with E-state index in [9.17, 15) is 8.42 Å². The molecule has 6 nitrogen and oxygen atoms in total. The highest BCUT2D eigenvalue weighted by atomic mass is 32.2. The smallest absolute Gasteiger partial charge is 0.252 e. The quantitative estimate of drug-likeness (QED) is 0.763. The summed E-state index contributed by atoms with van der Waals surface area (Å²) < 4.78 is 33.4. The lowest BCUT2D eigenvalue weighted by molar-refractivity contribution is 0.0585. The van der Waals surface area contributed by atoms with Gasteiger partial charge in [-0.2, -0.15) is 4.31 Å². The molecule has 0 unspecified atom stereocenters. The minimum absolute atomic E-state index is 0.253. The molecule has 0 radical (unpaired) electrons. The Morgan fingerprint density at radius 1 is 1.00 bits per heavy atom. The van der Waals surface area contributed by atoms with Crippen LogP contribution >= 0.6 is 11.3 Å². The van der Waals surface area contributed by atoms with Gasteiger partial charge in [0.05, 0.1) is 0 Å². The normalized spacial score (nSPS) is 21.3. The summed E-state index contributed by atoms with van der Waals surface area (Å²) in [6.07, 6.45) is 7.58. The van der Waals surface area contributed by atoms with Crippen LogP contribution < -0.4 is 4.74 Å². The van der Waals surface area contributed by atoms with Gasteiger partial charge in [0.25, 0.3) is 10.0 Å². The number of hydrogen-bond acceptors (Lipinski definition) is 6. The molecule has 2 saturated heterocycles. The van der Waals surface area contributed by atoms with Crippen LogP contribution in [0.25, 0.3) is 0 Å². The van der Waals surface area contributed by atoms with Crippen molar-refractivity contribution in [2.75, 3.05) is 26.2 Å². The van der Waals surface area contributed by atoms with Crippen LogP contribution in [0.2, 0.25) is 0 Å². The van der Waals surface area contributed by atoms with Crippen molar-refractivity contribution in [1.82, 2.24) is 14.2 Å². The van der Waals surface area contributed by atoms with E-state index in [1.54, 1.807) is 28.8 Å². The molecule has 0 aliphatic carbocycles. The molecule has 4 rings (SSSR count). The third-order valence-electron chi connectivity index (χ3n) is 5.46. The summed E-state index contributed by atoms with van der Waals surface area (Å²) >= 11 is 1.30. The van der Waals surface area contributed by atoms with E-state index >= 15 is 0 Å². The lowest BCUT2D eigenvalue weighted by Crippen LogP contribution is -2.50. The van der Waals surface area contributed by atoms with E-state index in [-0.39, 0.29) is 6.10 Å². The second kappa shape index (κ2) is 8.26. The zero-order valence-electron chi connectivity index (χ0n) is 15.2. The van der Waals surface area contributed by atoms with Crippen molar-refractivity contribution in [2.45, 2.75) is 42.0 Å². The van der Waals surface area contributed by atoms with Gasteiger partial charge in [-0.1, -0.05) is 6.07 Å². The number of sulfonamides is 1. The zero-order chi connectivity index (χ0) is 18.7. The van der Waals surface area contributed by atoms with Crippen LogP contribution in [0.5, 0.6) is 5.75 Å². The van der Waals surface area contributed by atoms with Crippen LogP contribution in [0.4, 0.5) is 0 Å². The summed E-state index contributed by atoms with van der Waals surface area (Å²) in [7, 11) is -3.31. The van der Waals surface area contributed by atoms with Crippen molar-refractivity contribution in [1.29, 1.82) is 0 Å². The fraction of sp³-hybridized carbons (Fsp3) is 0.526. The molecular weight excluding hydrogens is 382 g/mol. The Morgan fingerprint density at radius 2 is 1.70 bits per heavy atom. The average molecular weight is 408 g/mol. The van der Waals surface area contributed by atoms with E-state index in [0.717, 1.165) is 44.5 Å². The van der Waals surface area contributed by atoms with Crippen LogP contribution in [0.15, 0.2) is 46.2 Å². The predicted molar refractivity (Wildman–Crippen MR) is 106 cm³/mol.